The summed E-state index contributed by atoms with van der Waals surface area (Å²) in [6.45, 7) is 13.0. The van der Waals surface area contributed by atoms with E-state index in [1.165, 1.54) is 11.1 Å². The fraction of sp³-hybridized carbons (Fsp3) is 0.458. The van der Waals surface area contributed by atoms with Gasteiger partial charge in [0.15, 0.2) is 13.4 Å². The maximum absolute atomic E-state index is 6.48. The first-order chi connectivity index (χ1) is 13.6. The molecule has 3 nitrogen and oxygen atoms in total. The smallest absolute Gasteiger partial charge is 0.192 e. The van der Waals surface area contributed by atoms with Gasteiger partial charge in [0, 0.05) is 13.6 Å². The highest BCUT2D eigenvalue weighted by atomic mass is 32.1. The Balaban J connectivity index is 1.88. The van der Waals surface area contributed by atoms with Crippen molar-refractivity contribution in [2.24, 2.45) is 0 Å². The quantitative estimate of drug-likeness (QED) is 0.414. The van der Waals surface area contributed by atoms with E-state index in [-0.39, 0.29) is 17.1 Å². The monoisotopic (exact) mass is 426 g/mol. The molecule has 0 saturated carbocycles. The molecule has 1 saturated heterocycles. The van der Waals surface area contributed by atoms with Crippen molar-refractivity contribution in [3.8, 4) is 0 Å². The fourth-order valence-electron chi connectivity index (χ4n) is 3.74. The molecule has 0 aliphatic carbocycles. The number of thiocarbonyl (C=S) groups is 1. The summed E-state index contributed by atoms with van der Waals surface area (Å²) in [4.78, 5) is 4.60. The van der Waals surface area contributed by atoms with Gasteiger partial charge in [-0.25, -0.2) is 0 Å². The topological polar surface area (TPSA) is 15.7 Å². The number of hydrogen-bond donors (Lipinski definition) is 0. The molecule has 0 N–H and O–H groups in total. The molecular weight excluding hydrogens is 392 g/mol. The van der Waals surface area contributed by atoms with Gasteiger partial charge in [-0.1, -0.05) is 81.4 Å². The van der Waals surface area contributed by atoms with E-state index in [0.29, 0.717) is 6.61 Å². The standard InChI is InChI=1S/C24H34N2OSSi/c1-24(2,3)29(5,6)27-18-17-26-22(20-15-11-8-12-16-20)21(25(4)23(26)28)19-13-9-7-10-14-19/h7-16,21-22H,17-18H2,1-6H3/t21-,22-/m1/s1. The number of hydrogen-bond acceptors (Lipinski definition) is 2. The van der Waals surface area contributed by atoms with E-state index in [1.54, 1.807) is 0 Å². The van der Waals surface area contributed by atoms with Crippen molar-refractivity contribution in [1.82, 2.24) is 9.80 Å². The minimum Gasteiger partial charge on any atom is -0.415 e. The van der Waals surface area contributed by atoms with Crippen molar-refractivity contribution in [3.05, 3.63) is 71.8 Å². The molecule has 29 heavy (non-hydrogen) atoms. The molecule has 5 heteroatoms. The molecular formula is C24H34N2OSSi. The first-order valence-electron chi connectivity index (χ1n) is 10.4. The van der Waals surface area contributed by atoms with Gasteiger partial charge in [0.2, 0.25) is 0 Å². The van der Waals surface area contributed by atoms with E-state index in [0.717, 1.165) is 11.7 Å². The van der Waals surface area contributed by atoms with E-state index < -0.39 is 8.32 Å². The number of likely N-dealkylation sites (N-methyl/N-ethyl adjacent to an activating group) is 1. The van der Waals surface area contributed by atoms with Crippen molar-refractivity contribution in [2.45, 2.75) is 51.0 Å². The maximum Gasteiger partial charge on any atom is 0.192 e. The van der Waals surface area contributed by atoms with Crippen LogP contribution in [0.3, 0.4) is 0 Å². The van der Waals surface area contributed by atoms with Crippen molar-refractivity contribution < 1.29 is 4.43 Å². The molecule has 0 radical (unpaired) electrons. The molecule has 0 spiro atoms. The molecule has 156 valence electrons. The van der Waals surface area contributed by atoms with Gasteiger partial charge in [-0.15, -0.1) is 0 Å². The van der Waals surface area contributed by atoms with Gasteiger partial charge in [-0.05, 0) is 41.5 Å². The van der Waals surface area contributed by atoms with Gasteiger partial charge in [0.1, 0.15) is 0 Å². The second kappa shape index (κ2) is 8.58. The fourth-order valence-corrected chi connectivity index (χ4v) is 5.09. The Labute approximate surface area is 182 Å². The normalized spacial score (nSPS) is 20.4. The summed E-state index contributed by atoms with van der Waals surface area (Å²) in [6.07, 6.45) is 0. The van der Waals surface area contributed by atoms with Gasteiger partial charge in [0.25, 0.3) is 0 Å². The predicted molar refractivity (Wildman–Crippen MR) is 129 cm³/mol. The molecule has 1 heterocycles. The zero-order valence-corrected chi connectivity index (χ0v) is 20.4. The summed E-state index contributed by atoms with van der Waals surface area (Å²) in [7, 11) is 0.334. The van der Waals surface area contributed by atoms with Crippen LogP contribution in [0.1, 0.15) is 44.0 Å². The van der Waals surface area contributed by atoms with E-state index in [9.17, 15) is 0 Å². The summed E-state index contributed by atoms with van der Waals surface area (Å²) in [5.74, 6) is 0. The lowest BCUT2D eigenvalue weighted by molar-refractivity contribution is 0.219. The van der Waals surface area contributed by atoms with Crippen LogP contribution in [-0.2, 0) is 4.43 Å². The first-order valence-corrected chi connectivity index (χ1v) is 13.7. The van der Waals surface area contributed by atoms with Crippen LogP contribution in [0.15, 0.2) is 60.7 Å². The maximum atomic E-state index is 6.48. The second-order valence-electron chi connectivity index (χ2n) is 9.41. The lowest BCUT2D eigenvalue weighted by Crippen LogP contribution is -2.43. The van der Waals surface area contributed by atoms with Crippen LogP contribution in [-0.4, -0.2) is 43.4 Å². The molecule has 2 aromatic rings. The van der Waals surface area contributed by atoms with Crippen LogP contribution in [0.2, 0.25) is 18.1 Å². The summed E-state index contributed by atoms with van der Waals surface area (Å²) in [6, 6.07) is 21.8. The molecule has 0 aromatic heterocycles. The molecule has 2 atom stereocenters. The Morgan fingerprint density at radius 1 is 0.897 bits per heavy atom. The van der Waals surface area contributed by atoms with Crippen LogP contribution >= 0.6 is 12.2 Å². The molecule has 1 fully saturated rings. The predicted octanol–water partition coefficient (Wildman–Crippen LogP) is 6.02. The lowest BCUT2D eigenvalue weighted by atomic mass is 9.93. The largest absolute Gasteiger partial charge is 0.415 e. The van der Waals surface area contributed by atoms with Crippen molar-refractivity contribution in [1.29, 1.82) is 0 Å². The minimum atomic E-state index is -1.78. The van der Waals surface area contributed by atoms with Gasteiger partial charge in [-0.2, -0.15) is 0 Å². The molecule has 0 bridgehead atoms. The summed E-state index contributed by atoms with van der Waals surface area (Å²) >= 11 is 5.91. The SMILES string of the molecule is CN1C(=S)N(CCO[Si](C)(C)C(C)(C)C)[C@H](c2ccccc2)[C@H]1c1ccccc1. The van der Waals surface area contributed by atoms with E-state index in [2.05, 4.69) is 111 Å². The zero-order valence-electron chi connectivity index (χ0n) is 18.6. The molecule has 1 aliphatic heterocycles. The van der Waals surface area contributed by atoms with E-state index in [1.807, 2.05) is 0 Å². The summed E-state index contributed by atoms with van der Waals surface area (Å²) in [5.41, 5.74) is 2.58. The zero-order chi connectivity index (χ0) is 21.2. The van der Waals surface area contributed by atoms with Crippen molar-refractivity contribution in [2.75, 3.05) is 20.2 Å². The van der Waals surface area contributed by atoms with Crippen LogP contribution in [0.25, 0.3) is 0 Å². The molecule has 1 aliphatic rings. The third-order valence-corrected chi connectivity index (χ3v) is 11.5. The van der Waals surface area contributed by atoms with Crippen LogP contribution < -0.4 is 0 Å². The van der Waals surface area contributed by atoms with E-state index >= 15 is 0 Å². The third kappa shape index (κ3) is 4.57. The van der Waals surface area contributed by atoms with Crippen molar-refractivity contribution >= 4 is 25.6 Å². The van der Waals surface area contributed by atoms with Gasteiger partial charge in [0.05, 0.1) is 18.7 Å². The van der Waals surface area contributed by atoms with Gasteiger partial charge < -0.3 is 14.2 Å². The Hall–Kier alpha value is -1.69. The average Bonchev–Trinajstić information content (AvgIpc) is 2.93. The number of nitrogens with zero attached hydrogens (tertiary/aromatic N) is 2. The highest BCUT2D eigenvalue weighted by Crippen LogP contribution is 2.44. The molecule has 0 unspecified atom stereocenters. The number of benzene rings is 2. The second-order valence-corrected chi connectivity index (χ2v) is 14.6. The summed E-state index contributed by atoms with van der Waals surface area (Å²) in [5, 5.41) is 1.10. The Morgan fingerprint density at radius 3 is 1.86 bits per heavy atom. The highest BCUT2D eigenvalue weighted by Gasteiger charge is 2.43. The molecule has 3 rings (SSSR count). The molecule has 2 aromatic carbocycles. The number of rotatable bonds is 6. The lowest BCUT2D eigenvalue weighted by Gasteiger charge is -2.37. The minimum absolute atomic E-state index is 0.180. The van der Waals surface area contributed by atoms with Gasteiger partial charge >= 0.3 is 0 Å². The third-order valence-electron chi connectivity index (χ3n) is 6.48. The van der Waals surface area contributed by atoms with Crippen LogP contribution in [0.5, 0.6) is 0 Å². The highest BCUT2D eigenvalue weighted by molar-refractivity contribution is 7.80. The first kappa shape index (κ1) is 22.0. The average molecular weight is 427 g/mol. The van der Waals surface area contributed by atoms with Crippen molar-refractivity contribution in [3.63, 3.8) is 0 Å². The molecule has 0 amide bonds. The Bertz CT molecular complexity index is 820. The van der Waals surface area contributed by atoms with Crippen LogP contribution in [0.4, 0.5) is 0 Å². The Kier molecular flexibility index (Phi) is 6.51. The van der Waals surface area contributed by atoms with E-state index in [4.69, 9.17) is 16.6 Å². The summed E-state index contributed by atoms with van der Waals surface area (Å²) < 4.78 is 6.48. The van der Waals surface area contributed by atoms with Gasteiger partial charge in [-0.3, -0.25) is 0 Å². The Morgan fingerprint density at radius 2 is 1.38 bits per heavy atom. The van der Waals surface area contributed by atoms with Crippen LogP contribution in [0, 0.1) is 0 Å².